The minimum absolute atomic E-state index is 0.176. The van der Waals surface area contributed by atoms with Crippen molar-refractivity contribution >= 4 is 5.91 Å². The maximum absolute atomic E-state index is 12.2. The molecule has 1 atom stereocenters. The van der Waals surface area contributed by atoms with Gasteiger partial charge in [-0.1, -0.05) is 37.3 Å². The second kappa shape index (κ2) is 7.41. The molecule has 1 unspecified atom stereocenters. The highest BCUT2D eigenvalue weighted by molar-refractivity contribution is 5.86. The Balaban J connectivity index is 3.11. The first-order valence-electron chi connectivity index (χ1n) is 7.24. The molecule has 1 rings (SSSR count). The van der Waals surface area contributed by atoms with E-state index >= 15 is 0 Å². The number of hydrogen-bond donors (Lipinski definition) is 2. The Hall–Kier alpha value is -1.39. The van der Waals surface area contributed by atoms with Gasteiger partial charge < -0.3 is 10.6 Å². The minimum atomic E-state index is -0.807. The highest BCUT2D eigenvalue weighted by atomic mass is 16.1. The summed E-state index contributed by atoms with van der Waals surface area (Å²) in [7, 11) is 2.05. The summed E-state index contributed by atoms with van der Waals surface area (Å²) < 4.78 is 0. The van der Waals surface area contributed by atoms with Crippen LogP contribution in [0.3, 0.4) is 0 Å². The Morgan fingerprint density at radius 1 is 1.35 bits per heavy atom. The minimum Gasteiger partial charge on any atom is -0.368 e. The van der Waals surface area contributed by atoms with Crippen molar-refractivity contribution in [2.24, 2.45) is 5.73 Å². The van der Waals surface area contributed by atoms with Crippen LogP contribution in [-0.2, 0) is 10.3 Å². The van der Waals surface area contributed by atoms with Crippen LogP contribution in [-0.4, -0.2) is 37.0 Å². The molecule has 0 aliphatic rings. The number of carbonyl (C=O) groups is 1. The quantitative estimate of drug-likeness (QED) is 0.760. The van der Waals surface area contributed by atoms with E-state index in [1.54, 1.807) is 0 Å². The Kier molecular flexibility index (Phi) is 6.17. The predicted molar refractivity (Wildman–Crippen MR) is 83.4 cm³/mol. The van der Waals surface area contributed by atoms with E-state index in [-0.39, 0.29) is 11.9 Å². The molecule has 0 spiro atoms. The molecule has 0 saturated heterocycles. The highest BCUT2D eigenvalue weighted by Crippen LogP contribution is 2.26. The van der Waals surface area contributed by atoms with Gasteiger partial charge in [-0.3, -0.25) is 10.1 Å². The fraction of sp³-hybridized carbons (Fsp3) is 0.562. The van der Waals surface area contributed by atoms with Gasteiger partial charge in [0.2, 0.25) is 5.91 Å². The van der Waals surface area contributed by atoms with Crippen LogP contribution in [0.25, 0.3) is 0 Å². The first kappa shape index (κ1) is 16.7. The van der Waals surface area contributed by atoms with Gasteiger partial charge in [-0.15, -0.1) is 0 Å². The van der Waals surface area contributed by atoms with E-state index in [1.165, 1.54) is 0 Å². The summed E-state index contributed by atoms with van der Waals surface area (Å²) >= 11 is 0. The Bertz CT molecular complexity index is 419. The van der Waals surface area contributed by atoms with Crippen molar-refractivity contribution in [3.63, 3.8) is 0 Å². The van der Waals surface area contributed by atoms with Gasteiger partial charge >= 0.3 is 0 Å². The first-order chi connectivity index (χ1) is 9.42. The third-order valence-corrected chi connectivity index (χ3v) is 3.63. The van der Waals surface area contributed by atoms with Crippen molar-refractivity contribution in [1.29, 1.82) is 0 Å². The molecule has 0 saturated carbocycles. The van der Waals surface area contributed by atoms with Gasteiger partial charge in [0.15, 0.2) is 0 Å². The number of benzene rings is 1. The number of nitrogens with two attached hydrogens (primary N) is 1. The molecule has 1 aromatic rings. The first-order valence-corrected chi connectivity index (χ1v) is 7.24. The van der Waals surface area contributed by atoms with E-state index in [4.69, 9.17) is 5.73 Å². The standard InChI is InChI=1S/C16H27N3O/c1-5-19(4)12-11-16(15(17)20,18-13(2)3)14-9-7-6-8-10-14/h6-10,13,18H,5,11-12H2,1-4H3,(H2,17,20). The Morgan fingerprint density at radius 2 is 1.95 bits per heavy atom. The van der Waals surface area contributed by atoms with Crippen molar-refractivity contribution in [2.75, 3.05) is 20.1 Å². The topological polar surface area (TPSA) is 58.4 Å². The Morgan fingerprint density at radius 3 is 2.40 bits per heavy atom. The average Bonchev–Trinajstić information content (AvgIpc) is 2.43. The van der Waals surface area contributed by atoms with Gasteiger partial charge in [-0.05, 0) is 39.4 Å². The molecule has 4 nitrogen and oxygen atoms in total. The molecule has 0 radical (unpaired) electrons. The molecular weight excluding hydrogens is 250 g/mol. The summed E-state index contributed by atoms with van der Waals surface area (Å²) in [4.78, 5) is 14.4. The van der Waals surface area contributed by atoms with Crippen LogP contribution in [0.4, 0.5) is 0 Å². The molecule has 1 amide bonds. The van der Waals surface area contributed by atoms with Gasteiger partial charge in [0, 0.05) is 12.6 Å². The fourth-order valence-corrected chi connectivity index (χ4v) is 2.37. The Labute approximate surface area is 122 Å². The van der Waals surface area contributed by atoms with Crippen LogP contribution in [0.2, 0.25) is 0 Å². The monoisotopic (exact) mass is 277 g/mol. The number of rotatable bonds is 8. The maximum Gasteiger partial charge on any atom is 0.242 e. The summed E-state index contributed by atoms with van der Waals surface area (Å²) in [5.74, 6) is -0.318. The largest absolute Gasteiger partial charge is 0.368 e. The van der Waals surface area contributed by atoms with E-state index in [2.05, 4.69) is 17.1 Å². The van der Waals surface area contributed by atoms with Gasteiger partial charge in [-0.2, -0.15) is 0 Å². The maximum atomic E-state index is 12.2. The number of amides is 1. The molecule has 112 valence electrons. The van der Waals surface area contributed by atoms with Crippen molar-refractivity contribution in [2.45, 2.75) is 38.8 Å². The lowest BCUT2D eigenvalue weighted by Gasteiger charge is -2.35. The lowest BCUT2D eigenvalue weighted by atomic mass is 9.84. The molecule has 0 heterocycles. The number of nitrogens with zero attached hydrogens (tertiary/aromatic N) is 1. The average molecular weight is 277 g/mol. The molecule has 0 aromatic heterocycles. The van der Waals surface area contributed by atoms with Crippen LogP contribution in [0.1, 0.15) is 32.8 Å². The molecule has 0 fully saturated rings. The number of primary amides is 1. The van der Waals surface area contributed by atoms with Gasteiger partial charge in [0.1, 0.15) is 5.54 Å². The summed E-state index contributed by atoms with van der Waals surface area (Å²) in [6.07, 6.45) is 0.662. The molecule has 20 heavy (non-hydrogen) atoms. The molecule has 0 bridgehead atoms. The van der Waals surface area contributed by atoms with Crippen LogP contribution in [0.15, 0.2) is 30.3 Å². The van der Waals surface area contributed by atoms with Crippen LogP contribution < -0.4 is 11.1 Å². The number of carbonyl (C=O) groups excluding carboxylic acids is 1. The van der Waals surface area contributed by atoms with Gasteiger partial charge in [0.25, 0.3) is 0 Å². The zero-order valence-corrected chi connectivity index (χ0v) is 13.0. The number of hydrogen-bond acceptors (Lipinski definition) is 3. The third-order valence-electron chi connectivity index (χ3n) is 3.63. The van der Waals surface area contributed by atoms with Crippen molar-refractivity contribution in [1.82, 2.24) is 10.2 Å². The van der Waals surface area contributed by atoms with Crippen LogP contribution in [0.5, 0.6) is 0 Å². The zero-order chi connectivity index (χ0) is 15.2. The predicted octanol–water partition coefficient (Wildman–Crippen LogP) is 1.71. The van der Waals surface area contributed by atoms with Crippen molar-refractivity contribution in [3.05, 3.63) is 35.9 Å². The molecule has 1 aromatic carbocycles. The van der Waals surface area contributed by atoms with E-state index in [0.717, 1.165) is 18.7 Å². The van der Waals surface area contributed by atoms with E-state index in [9.17, 15) is 4.79 Å². The fourth-order valence-electron chi connectivity index (χ4n) is 2.37. The van der Waals surface area contributed by atoms with E-state index < -0.39 is 5.54 Å². The molecule has 0 aliphatic heterocycles. The summed E-state index contributed by atoms with van der Waals surface area (Å²) in [5, 5.41) is 3.39. The van der Waals surface area contributed by atoms with Crippen LogP contribution in [0, 0.1) is 0 Å². The van der Waals surface area contributed by atoms with Gasteiger partial charge in [-0.25, -0.2) is 0 Å². The smallest absolute Gasteiger partial charge is 0.242 e. The lowest BCUT2D eigenvalue weighted by molar-refractivity contribution is -0.125. The zero-order valence-electron chi connectivity index (χ0n) is 13.0. The van der Waals surface area contributed by atoms with Crippen LogP contribution >= 0.6 is 0 Å². The van der Waals surface area contributed by atoms with Gasteiger partial charge in [0.05, 0.1) is 0 Å². The molecule has 3 N–H and O–H groups in total. The molecular formula is C16H27N3O. The normalized spacial score (nSPS) is 14.5. The second-order valence-corrected chi connectivity index (χ2v) is 5.58. The van der Waals surface area contributed by atoms with E-state index in [1.807, 2.05) is 51.2 Å². The summed E-state index contributed by atoms with van der Waals surface area (Å²) in [5.41, 5.74) is 5.89. The second-order valence-electron chi connectivity index (χ2n) is 5.58. The van der Waals surface area contributed by atoms with Crippen molar-refractivity contribution in [3.8, 4) is 0 Å². The lowest BCUT2D eigenvalue weighted by Crippen LogP contribution is -2.56. The molecule has 4 heteroatoms. The third kappa shape index (κ3) is 4.05. The summed E-state index contributed by atoms with van der Waals surface area (Å²) in [6.45, 7) is 7.93. The van der Waals surface area contributed by atoms with Crippen molar-refractivity contribution < 1.29 is 4.79 Å². The van der Waals surface area contributed by atoms with E-state index in [0.29, 0.717) is 6.42 Å². The summed E-state index contributed by atoms with van der Waals surface area (Å²) in [6, 6.07) is 9.94. The number of nitrogens with one attached hydrogen (secondary N) is 1. The SMILES string of the molecule is CCN(C)CCC(NC(C)C)(C(N)=O)c1ccccc1. The molecule has 0 aliphatic carbocycles. The highest BCUT2D eigenvalue weighted by Gasteiger charge is 2.38.